The van der Waals surface area contributed by atoms with Crippen LogP contribution in [-0.4, -0.2) is 18.0 Å². The van der Waals surface area contributed by atoms with Gasteiger partial charge in [-0.2, -0.15) is 0 Å². The van der Waals surface area contributed by atoms with E-state index < -0.39 is 6.04 Å². The number of carbonyl (C=O) groups is 1. The standard InChI is InChI=1S/C27H38N2O3/c1-16(28)25(31)29-19-10-12-26(2)18(14-19)5-6-20-22-8-7-21(17-4-9-24(30)32-15-17)27(22,3)13-11-23(20)26/h4,8-9,15-16,18-21,23H,5-7,10-14,28H2,1-3H3,(H,29,31)/t16?,18-,19+,20+,21-,23+,26+,27-/m1/s1. The van der Waals surface area contributed by atoms with Crippen molar-refractivity contribution in [3.05, 3.63) is 46.0 Å². The molecule has 5 heteroatoms. The molecule has 1 heterocycles. The lowest BCUT2D eigenvalue weighted by Gasteiger charge is -2.60. The highest BCUT2D eigenvalue weighted by Crippen LogP contribution is 2.67. The molecule has 4 aliphatic carbocycles. The quantitative estimate of drug-likeness (QED) is 0.680. The molecule has 1 aromatic heterocycles. The van der Waals surface area contributed by atoms with Crippen LogP contribution in [0.1, 0.15) is 83.6 Å². The number of hydrogen-bond donors (Lipinski definition) is 2. The predicted molar refractivity (Wildman–Crippen MR) is 125 cm³/mol. The van der Waals surface area contributed by atoms with Gasteiger partial charge in [-0.3, -0.25) is 4.79 Å². The molecular formula is C27H38N2O3. The molecule has 1 unspecified atom stereocenters. The third-order valence-electron chi connectivity index (χ3n) is 9.95. The van der Waals surface area contributed by atoms with E-state index in [1.165, 1.54) is 37.7 Å². The Kier molecular flexibility index (Phi) is 5.39. The smallest absolute Gasteiger partial charge is 0.335 e. The zero-order chi connectivity index (χ0) is 22.7. The summed E-state index contributed by atoms with van der Waals surface area (Å²) in [6, 6.07) is 3.38. The van der Waals surface area contributed by atoms with Crippen LogP contribution in [-0.2, 0) is 4.79 Å². The van der Waals surface area contributed by atoms with Crippen molar-refractivity contribution in [2.75, 3.05) is 0 Å². The summed E-state index contributed by atoms with van der Waals surface area (Å²) in [5.41, 5.74) is 8.89. The van der Waals surface area contributed by atoms with Crippen molar-refractivity contribution in [2.24, 2.45) is 34.3 Å². The fraction of sp³-hybridized carbons (Fsp3) is 0.704. The molecule has 3 N–H and O–H groups in total. The third kappa shape index (κ3) is 3.39. The van der Waals surface area contributed by atoms with Gasteiger partial charge < -0.3 is 15.5 Å². The van der Waals surface area contributed by atoms with Crippen LogP contribution in [0.15, 0.2) is 39.3 Å². The molecule has 0 radical (unpaired) electrons. The van der Waals surface area contributed by atoms with E-state index in [0.29, 0.717) is 23.2 Å². The summed E-state index contributed by atoms with van der Waals surface area (Å²) in [7, 11) is 0. The van der Waals surface area contributed by atoms with Gasteiger partial charge in [0.1, 0.15) is 0 Å². The van der Waals surface area contributed by atoms with E-state index >= 15 is 0 Å². The predicted octanol–water partition coefficient (Wildman–Crippen LogP) is 4.52. The van der Waals surface area contributed by atoms with Gasteiger partial charge in [0.05, 0.1) is 12.3 Å². The average Bonchev–Trinajstić information content (AvgIpc) is 3.11. The van der Waals surface area contributed by atoms with Crippen LogP contribution >= 0.6 is 0 Å². The molecule has 0 aromatic carbocycles. The van der Waals surface area contributed by atoms with Crippen LogP contribution in [0.25, 0.3) is 0 Å². The lowest BCUT2D eigenvalue weighted by molar-refractivity contribution is -0.124. The molecule has 5 nitrogen and oxygen atoms in total. The topological polar surface area (TPSA) is 85.3 Å². The van der Waals surface area contributed by atoms with Crippen molar-refractivity contribution in [3.8, 4) is 0 Å². The van der Waals surface area contributed by atoms with Gasteiger partial charge in [0.15, 0.2) is 0 Å². The molecule has 5 rings (SSSR count). The second-order valence-corrected chi connectivity index (χ2v) is 11.6. The van der Waals surface area contributed by atoms with Gasteiger partial charge in [0, 0.05) is 12.1 Å². The van der Waals surface area contributed by atoms with Gasteiger partial charge in [-0.15, -0.1) is 0 Å². The number of rotatable bonds is 3. The average molecular weight is 439 g/mol. The van der Waals surface area contributed by atoms with Gasteiger partial charge in [0.2, 0.25) is 5.91 Å². The van der Waals surface area contributed by atoms with E-state index in [1.54, 1.807) is 24.8 Å². The van der Waals surface area contributed by atoms with Crippen molar-refractivity contribution in [2.45, 2.75) is 90.1 Å². The molecule has 0 spiro atoms. The van der Waals surface area contributed by atoms with Gasteiger partial charge in [-0.25, -0.2) is 4.79 Å². The van der Waals surface area contributed by atoms with E-state index in [0.717, 1.165) is 25.2 Å². The Morgan fingerprint density at radius 1 is 1.19 bits per heavy atom. The Labute approximate surface area is 191 Å². The molecule has 4 aliphatic rings. The Balaban J connectivity index is 1.34. The maximum atomic E-state index is 12.1. The van der Waals surface area contributed by atoms with Crippen LogP contribution in [0.2, 0.25) is 0 Å². The zero-order valence-corrected chi connectivity index (χ0v) is 19.7. The van der Waals surface area contributed by atoms with Crippen molar-refractivity contribution >= 4 is 5.91 Å². The molecule has 8 atom stereocenters. The number of hydrogen-bond acceptors (Lipinski definition) is 4. The molecule has 3 saturated carbocycles. The number of nitrogens with two attached hydrogens (primary N) is 1. The summed E-state index contributed by atoms with van der Waals surface area (Å²) in [6.45, 7) is 6.75. The third-order valence-corrected chi connectivity index (χ3v) is 9.95. The first-order valence-corrected chi connectivity index (χ1v) is 12.6. The highest BCUT2D eigenvalue weighted by molar-refractivity contribution is 5.81. The van der Waals surface area contributed by atoms with E-state index in [9.17, 15) is 9.59 Å². The molecule has 0 aliphatic heterocycles. The molecule has 1 amide bonds. The lowest BCUT2D eigenvalue weighted by Crippen LogP contribution is -2.54. The molecule has 0 bridgehead atoms. The molecule has 1 aromatic rings. The maximum absolute atomic E-state index is 12.1. The summed E-state index contributed by atoms with van der Waals surface area (Å²) in [5, 5.41) is 3.21. The van der Waals surface area contributed by atoms with E-state index in [2.05, 4.69) is 25.2 Å². The molecule has 3 fully saturated rings. The van der Waals surface area contributed by atoms with Crippen LogP contribution in [0.5, 0.6) is 0 Å². The van der Waals surface area contributed by atoms with Crippen LogP contribution in [0.3, 0.4) is 0 Å². The Bertz CT molecular complexity index is 961. The van der Waals surface area contributed by atoms with Crippen LogP contribution in [0, 0.1) is 28.6 Å². The van der Waals surface area contributed by atoms with Crippen molar-refractivity contribution < 1.29 is 9.21 Å². The number of allylic oxidation sites excluding steroid dienone is 2. The minimum absolute atomic E-state index is 0.0142. The second kappa shape index (κ2) is 7.86. The second-order valence-electron chi connectivity index (χ2n) is 11.6. The van der Waals surface area contributed by atoms with E-state index in [4.69, 9.17) is 10.2 Å². The van der Waals surface area contributed by atoms with Crippen LogP contribution in [0.4, 0.5) is 0 Å². The fourth-order valence-electron chi connectivity index (χ4n) is 8.12. The molecule has 174 valence electrons. The summed E-state index contributed by atoms with van der Waals surface area (Å²) >= 11 is 0. The molecule has 32 heavy (non-hydrogen) atoms. The van der Waals surface area contributed by atoms with E-state index in [-0.39, 0.29) is 23.0 Å². The highest BCUT2D eigenvalue weighted by atomic mass is 16.4. The summed E-state index contributed by atoms with van der Waals surface area (Å²) in [4.78, 5) is 23.6. The number of amides is 1. The van der Waals surface area contributed by atoms with Crippen molar-refractivity contribution in [1.29, 1.82) is 0 Å². The van der Waals surface area contributed by atoms with Gasteiger partial charge in [-0.1, -0.05) is 25.5 Å². The first kappa shape index (κ1) is 21.9. The summed E-state index contributed by atoms with van der Waals surface area (Å²) < 4.78 is 5.22. The first-order chi connectivity index (χ1) is 15.2. The zero-order valence-electron chi connectivity index (χ0n) is 19.7. The number of nitrogens with one attached hydrogen (secondary N) is 1. The number of carbonyl (C=O) groups excluding carboxylic acids is 1. The fourth-order valence-corrected chi connectivity index (χ4v) is 8.12. The lowest BCUT2D eigenvalue weighted by atomic mass is 9.45. The SMILES string of the molecule is CC(N)C(=O)N[C@H]1CC[C@@]2(C)[C@H](CC[C@H]3C4=CC[C@H](c5ccc(=O)oc5)[C@@]4(C)CC[C@@H]32)C1. The van der Waals surface area contributed by atoms with Crippen molar-refractivity contribution in [1.82, 2.24) is 5.32 Å². The Morgan fingerprint density at radius 3 is 2.72 bits per heavy atom. The van der Waals surface area contributed by atoms with Gasteiger partial charge >= 0.3 is 5.63 Å². The van der Waals surface area contributed by atoms with Gasteiger partial charge in [0.25, 0.3) is 0 Å². The Hall–Kier alpha value is -1.88. The van der Waals surface area contributed by atoms with Crippen molar-refractivity contribution in [3.63, 3.8) is 0 Å². The monoisotopic (exact) mass is 438 g/mol. The molecular weight excluding hydrogens is 400 g/mol. The minimum atomic E-state index is -0.435. The minimum Gasteiger partial charge on any atom is -0.431 e. The maximum Gasteiger partial charge on any atom is 0.335 e. The van der Waals surface area contributed by atoms with E-state index in [1.807, 2.05) is 6.07 Å². The first-order valence-electron chi connectivity index (χ1n) is 12.6. The summed E-state index contributed by atoms with van der Waals surface area (Å²) in [6.07, 6.45) is 13.6. The largest absolute Gasteiger partial charge is 0.431 e. The molecule has 0 saturated heterocycles. The number of fused-ring (bicyclic) bond motifs is 5. The Morgan fingerprint density at radius 2 is 2.00 bits per heavy atom. The normalized spacial score (nSPS) is 41.6. The van der Waals surface area contributed by atoms with Crippen LogP contribution < -0.4 is 16.7 Å². The van der Waals surface area contributed by atoms with Gasteiger partial charge in [-0.05, 0) is 104 Å². The summed E-state index contributed by atoms with van der Waals surface area (Å²) in [5.74, 6) is 2.49. The highest BCUT2D eigenvalue weighted by Gasteiger charge is 2.57.